The monoisotopic (exact) mass is 338 g/mol. The molecule has 110 valence electrons. The number of amides is 1. The van der Waals surface area contributed by atoms with Crippen molar-refractivity contribution in [1.82, 2.24) is 5.43 Å². The number of nitrogens with one attached hydrogen (secondary N) is 1. The predicted octanol–water partition coefficient (Wildman–Crippen LogP) is 4.34. The van der Waals surface area contributed by atoms with E-state index in [1.165, 1.54) is 11.8 Å². The predicted molar refractivity (Wildman–Crippen MR) is 91.6 cm³/mol. The lowest BCUT2D eigenvalue weighted by Crippen LogP contribution is -2.26. The molecule has 0 bridgehead atoms. The Bertz CT molecular complexity index is 637. The van der Waals surface area contributed by atoms with E-state index in [0.717, 1.165) is 15.3 Å². The molecule has 2 aromatic rings. The van der Waals surface area contributed by atoms with Gasteiger partial charge in [0.05, 0.1) is 11.5 Å². The van der Waals surface area contributed by atoms with E-state index in [-0.39, 0.29) is 11.2 Å². The Morgan fingerprint density at radius 1 is 1.38 bits per heavy atom. The van der Waals surface area contributed by atoms with Gasteiger partial charge in [-0.05, 0) is 55.1 Å². The van der Waals surface area contributed by atoms with Crippen LogP contribution in [0.5, 0.6) is 0 Å². The first-order valence-corrected chi connectivity index (χ1v) is 8.49. The van der Waals surface area contributed by atoms with Crippen LogP contribution in [0.1, 0.15) is 17.4 Å². The van der Waals surface area contributed by atoms with Crippen molar-refractivity contribution in [2.45, 2.75) is 24.0 Å². The number of benzene rings is 1. The van der Waals surface area contributed by atoms with Crippen LogP contribution in [-0.2, 0) is 4.79 Å². The molecule has 21 heavy (non-hydrogen) atoms. The van der Waals surface area contributed by atoms with E-state index in [0.29, 0.717) is 5.02 Å². The van der Waals surface area contributed by atoms with Gasteiger partial charge in [-0.25, -0.2) is 5.43 Å². The summed E-state index contributed by atoms with van der Waals surface area (Å²) in [6.45, 7) is 3.86. The summed E-state index contributed by atoms with van der Waals surface area (Å²) in [5, 5.41) is 6.46. The van der Waals surface area contributed by atoms with Gasteiger partial charge in [-0.15, -0.1) is 23.1 Å². The van der Waals surface area contributed by atoms with Crippen LogP contribution in [0.2, 0.25) is 5.02 Å². The maximum absolute atomic E-state index is 12.0. The molecule has 0 spiro atoms. The van der Waals surface area contributed by atoms with Gasteiger partial charge in [-0.2, -0.15) is 5.10 Å². The number of nitrogens with zero attached hydrogens (tertiary/aromatic N) is 1. The number of halogens is 1. The van der Waals surface area contributed by atoms with Gasteiger partial charge in [0.2, 0.25) is 0 Å². The van der Waals surface area contributed by atoms with Crippen molar-refractivity contribution in [3.63, 3.8) is 0 Å². The fraction of sp³-hybridized carbons (Fsp3) is 0.200. The van der Waals surface area contributed by atoms with Crippen molar-refractivity contribution in [1.29, 1.82) is 0 Å². The molecule has 0 aliphatic rings. The molecule has 1 N–H and O–H groups in total. The molecule has 6 heteroatoms. The fourth-order valence-electron chi connectivity index (χ4n) is 1.53. The van der Waals surface area contributed by atoms with Crippen LogP contribution in [0.25, 0.3) is 0 Å². The lowest BCUT2D eigenvalue weighted by Gasteiger charge is -2.09. The van der Waals surface area contributed by atoms with Crippen LogP contribution in [0.15, 0.2) is 45.7 Å². The number of thiophene rings is 1. The summed E-state index contributed by atoms with van der Waals surface area (Å²) in [5.41, 5.74) is 3.72. The maximum atomic E-state index is 12.0. The summed E-state index contributed by atoms with van der Waals surface area (Å²) in [5.74, 6) is -0.125. The third-order valence-electron chi connectivity index (χ3n) is 2.75. The van der Waals surface area contributed by atoms with Crippen LogP contribution < -0.4 is 5.43 Å². The van der Waals surface area contributed by atoms with E-state index in [1.54, 1.807) is 17.6 Å². The number of thioether (sulfide) groups is 1. The van der Waals surface area contributed by atoms with Crippen molar-refractivity contribution < 1.29 is 4.79 Å². The summed E-state index contributed by atoms with van der Waals surface area (Å²) < 4.78 is 0. The average Bonchev–Trinajstić information content (AvgIpc) is 2.87. The van der Waals surface area contributed by atoms with Crippen molar-refractivity contribution in [3.05, 3.63) is 51.2 Å². The Morgan fingerprint density at radius 3 is 2.71 bits per heavy atom. The SMILES string of the molecule is Cc1ccsc1/C=N\NC(=O)[C@@H](C)Sc1ccc(Cl)cc1. The molecule has 0 aliphatic heterocycles. The first-order valence-electron chi connectivity index (χ1n) is 6.35. The molecule has 0 fully saturated rings. The zero-order valence-corrected chi connectivity index (χ0v) is 14.1. The number of hydrogen-bond acceptors (Lipinski definition) is 4. The third-order valence-corrected chi connectivity index (χ3v) is 5.07. The van der Waals surface area contributed by atoms with E-state index >= 15 is 0 Å². The zero-order chi connectivity index (χ0) is 15.2. The highest BCUT2D eigenvalue weighted by Gasteiger charge is 2.13. The van der Waals surface area contributed by atoms with Crippen molar-refractivity contribution in [2.24, 2.45) is 5.10 Å². The second kappa shape index (κ2) is 7.64. The Hall–Kier alpha value is -1.30. The van der Waals surface area contributed by atoms with Gasteiger partial charge in [0, 0.05) is 14.8 Å². The number of rotatable bonds is 5. The number of hydrogen-bond donors (Lipinski definition) is 1. The number of carbonyl (C=O) groups is 1. The minimum Gasteiger partial charge on any atom is -0.272 e. The quantitative estimate of drug-likeness (QED) is 0.500. The zero-order valence-electron chi connectivity index (χ0n) is 11.7. The molecular formula is C15H15ClN2OS2. The summed E-state index contributed by atoms with van der Waals surface area (Å²) >= 11 is 8.90. The second-order valence-electron chi connectivity index (χ2n) is 4.42. The molecule has 0 saturated heterocycles. The van der Waals surface area contributed by atoms with E-state index in [4.69, 9.17) is 11.6 Å². The number of carbonyl (C=O) groups excluding carboxylic acids is 1. The molecule has 0 unspecified atom stereocenters. The second-order valence-corrected chi connectivity index (χ2v) is 7.21. The minimum atomic E-state index is -0.229. The summed E-state index contributed by atoms with van der Waals surface area (Å²) in [7, 11) is 0. The largest absolute Gasteiger partial charge is 0.272 e. The Morgan fingerprint density at radius 2 is 2.10 bits per heavy atom. The van der Waals surface area contributed by atoms with Crippen LogP contribution >= 0.6 is 34.7 Å². The molecule has 0 radical (unpaired) electrons. The highest BCUT2D eigenvalue weighted by Crippen LogP contribution is 2.24. The van der Waals surface area contributed by atoms with Gasteiger partial charge < -0.3 is 0 Å². The highest BCUT2D eigenvalue weighted by atomic mass is 35.5. The highest BCUT2D eigenvalue weighted by molar-refractivity contribution is 8.00. The number of aryl methyl sites for hydroxylation is 1. The topological polar surface area (TPSA) is 41.5 Å². The Balaban J connectivity index is 1.86. The fourth-order valence-corrected chi connectivity index (χ4v) is 3.31. The summed E-state index contributed by atoms with van der Waals surface area (Å²) in [6, 6.07) is 9.44. The normalized spacial score (nSPS) is 12.5. The molecule has 1 atom stereocenters. The van der Waals surface area contributed by atoms with Gasteiger partial charge in [-0.3, -0.25) is 4.79 Å². The van der Waals surface area contributed by atoms with E-state index < -0.39 is 0 Å². The van der Waals surface area contributed by atoms with Crippen molar-refractivity contribution in [3.8, 4) is 0 Å². The van der Waals surface area contributed by atoms with Crippen LogP contribution in [0.3, 0.4) is 0 Å². The lowest BCUT2D eigenvalue weighted by atomic mass is 10.3. The Kier molecular flexibility index (Phi) is 5.85. The smallest absolute Gasteiger partial charge is 0.253 e. The van der Waals surface area contributed by atoms with Gasteiger partial charge in [0.25, 0.3) is 5.91 Å². The summed E-state index contributed by atoms with van der Waals surface area (Å²) in [4.78, 5) is 14.0. The Labute approximate surface area is 137 Å². The van der Waals surface area contributed by atoms with Crippen LogP contribution in [0, 0.1) is 6.92 Å². The van der Waals surface area contributed by atoms with E-state index in [9.17, 15) is 4.79 Å². The molecule has 0 saturated carbocycles. The molecule has 3 nitrogen and oxygen atoms in total. The minimum absolute atomic E-state index is 0.125. The van der Waals surface area contributed by atoms with Gasteiger partial charge >= 0.3 is 0 Å². The average molecular weight is 339 g/mol. The van der Waals surface area contributed by atoms with E-state index in [1.807, 2.05) is 49.6 Å². The summed E-state index contributed by atoms with van der Waals surface area (Å²) in [6.07, 6.45) is 1.68. The lowest BCUT2D eigenvalue weighted by molar-refractivity contribution is -0.120. The van der Waals surface area contributed by atoms with Gasteiger partial charge in [0.1, 0.15) is 0 Å². The van der Waals surface area contributed by atoms with Crippen molar-refractivity contribution in [2.75, 3.05) is 0 Å². The molecule has 1 aromatic heterocycles. The molecular weight excluding hydrogens is 324 g/mol. The molecule has 1 aromatic carbocycles. The van der Waals surface area contributed by atoms with Crippen molar-refractivity contribution >= 4 is 46.8 Å². The van der Waals surface area contributed by atoms with Crippen LogP contribution in [-0.4, -0.2) is 17.4 Å². The van der Waals surface area contributed by atoms with Gasteiger partial charge in [0.15, 0.2) is 0 Å². The molecule has 2 rings (SSSR count). The molecule has 1 amide bonds. The molecule has 0 aliphatic carbocycles. The van der Waals surface area contributed by atoms with Crippen LogP contribution in [0.4, 0.5) is 0 Å². The van der Waals surface area contributed by atoms with E-state index in [2.05, 4.69) is 10.5 Å². The molecule has 1 heterocycles. The van der Waals surface area contributed by atoms with Gasteiger partial charge in [-0.1, -0.05) is 11.6 Å². The first kappa shape index (κ1) is 16.1. The standard InChI is InChI=1S/C15H15ClN2OS2/c1-10-7-8-20-14(10)9-17-18-15(19)11(2)21-13-5-3-12(16)4-6-13/h3-9,11H,1-2H3,(H,18,19)/b17-9-/t11-/m1/s1. The maximum Gasteiger partial charge on any atom is 0.253 e. The number of hydrazone groups is 1. The third kappa shape index (κ3) is 4.88. The first-order chi connectivity index (χ1) is 10.1.